The van der Waals surface area contributed by atoms with Crippen molar-refractivity contribution in [1.82, 2.24) is 4.90 Å². The third-order valence-electron chi connectivity index (χ3n) is 4.74. The smallest absolute Gasteiger partial charge is 0.227 e. The number of likely N-dealkylation sites (tertiary alicyclic amines) is 1. The second-order valence-corrected chi connectivity index (χ2v) is 8.80. The number of sulfonamides is 1. The summed E-state index contributed by atoms with van der Waals surface area (Å²) in [4.78, 5) is 14.3. The molecule has 1 aliphatic rings. The Labute approximate surface area is 152 Å². The van der Waals surface area contributed by atoms with Crippen molar-refractivity contribution in [3.63, 3.8) is 0 Å². The van der Waals surface area contributed by atoms with E-state index in [2.05, 4.69) is 0 Å². The van der Waals surface area contributed by atoms with Crippen molar-refractivity contribution in [3.05, 3.63) is 34.0 Å². The lowest BCUT2D eigenvalue weighted by Crippen LogP contribution is -2.31. The molecule has 0 aliphatic carbocycles. The number of amides is 1. The van der Waals surface area contributed by atoms with Crippen molar-refractivity contribution in [1.29, 1.82) is 0 Å². The molecule has 1 amide bonds. The first kappa shape index (κ1) is 18.2. The molecule has 1 fully saturated rings. The van der Waals surface area contributed by atoms with E-state index in [1.165, 1.54) is 0 Å². The quantitative estimate of drug-likeness (QED) is 0.875. The lowest BCUT2D eigenvalue weighted by atomic mass is 10.0. The maximum absolute atomic E-state index is 12.6. The van der Waals surface area contributed by atoms with Crippen LogP contribution in [0.3, 0.4) is 0 Å². The number of benzene rings is 1. The highest BCUT2D eigenvalue weighted by Crippen LogP contribution is 2.33. The minimum absolute atomic E-state index is 0.0456. The van der Waals surface area contributed by atoms with Crippen molar-refractivity contribution >= 4 is 38.5 Å². The average Bonchev–Trinajstić information content (AvgIpc) is 3.10. The molecule has 1 atom stereocenters. The predicted molar refractivity (Wildman–Crippen MR) is 97.1 cm³/mol. The van der Waals surface area contributed by atoms with E-state index >= 15 is 0 Å². The van der Waals surface area contributed by atoms with Crippen molar-refractivity contribution < 1.29 is 17.6 Å². The van der Waals surface area contributed by atoms with Crippen LogP contribution in [0.5, 0.6) is 0 Å². The van der Waals surface area contributed by atoms with Crippen LogP contribution in [-0.2, 0) is 21.2 Å². The number of aryl methyl sites for hydroxylation is 2. The molecule has 1 saturated heterocycles. The Morgan fingerprint density at radius 2 is 2.16 bits per heavy atom. The van der Waals surface area contributed by atoms with E-state index in [4.69, 9.17) is 21.2 Å². The van der Waals surface area contributed by atoms with Crippen molar-refractivity contribution in [2.45, 2.75) is 26.7 Å². The van der Waals surface area contributed by atoms with Crippen LogP contribution in [0, 0.1) is 19.8 Å². The number of hydrogen-bond donors (Lipinski definition) is 1. The summed E-state index contributed by atoms with van der Waals surface area (Å²) >= 11 is 6.32. The second kappa shape index (κ2) is 6.63. The second-order valence-electron chi connectivity index (χ2n) is 6.77. The van der Waals surface area contributed by atoms with E-state index in [1.54, 1.807) is 11.2 Å². The van der Waals surface area contributed by atoms with E-state index in [9.17, 15) is 13.2 Å². The molecule has 136 valence electrons. The zero-order chi connectivity index (χ0) is 18.4. The lowest BCUT2D eigenvalue weighted by molar-refractivity contribution is -0.129. The lowest BCUT2D eigenvalue weighted by Gasteiger charge is -2.16. The largest absolute Gasteiger partial charge is 0.464 e. The first-order valence-electron chi connectivity index (χ1n) is 8.09. The minimum Gasteiger partial charge on any atom is -0.464 e. The number of hydrogen-bond acceptors (Lipinski definition) is 4. The van der Waals surface area contributed by atoms with Crippen LogP contribution in [0.15, 0.2) is 16.7 Å². The SMILES string of the molecule is Cc1cc2occ(CC(=O)N3CCC(CS(N)(=O)=O)C3)c2c(C)c1Cl. The number of nitrogens with zero attached hydrogens (tertiary/aromatic N) is 1. The van der Waals surface area contributed by atoms with Gasteiger partial charge in [-0.2, -0.15) is 0 Å². The molecule has 0 saturated carbocycles. The van der Waals surface area contributed by atoms with Crippen molar-refractivity contribution in [2.24, 2.45) is 11.1 Å². The number of fused-ring (bicyclic) bond motifs is 1. The van der Waals surface area contributed by atoms with Gasteiger partial charge in [0.15, 0.2) is 0 Å². The maximum Gasteiger partial charge on any atom is 0.227 e. The minimum atomic E-state index is -3.52. The fourth-order valence-corrected chi connectivity index (χ4v) is 4.61. The van der Waals surface area contributed by atoms with E-state index in [0.29, 0.717) is 24.5 Å². The molecule has 6 nitrogen and oxygen atoms in total. The number of primary sulfonamides is 1. The monoisotopic (exact) mass is 384 g/mol. The number of rotatable bonds is 4. The summed E-state index contributed by atoms with van der Waals surface area (Å²) in [6.45, 7) is 4.80. The molecule has 0 bridgehead atoms. The van der Waals surface area contributed by atoms with Crippen LogP contribution < -0.4 is 5.14 Å². The van der Waals surface area contributed by atoms with Gasteiger partial charge in [-0.15, -0.1) is 0 Å². The Morgan fingerprint density at radius 1 is 1.44 bits per heavy atom. The molecule has 0 spiro atoms. The Hall–Kier alpha value is -1.57. The van der Waals surface area contributed by atoms with E-state index in [0.717, 1.165) is 27.7 Å². The number of furan rings is 1. The van der Waals surface area contributed by atoms with Gasteiger partial charge >= 0.3 is 0 Å². The van der Waals surface area contributed by atoms with Gasteiger partial charge in [0.2, 0.25) is 15.9 Å². The Morgan fingerprint density at radius 3 is 2.84 bits per heavy atom. The molecule has 25 heavy (non-hydrogen) atoms. The van der Waals surface area contributed by atoms with Crippen LogP contribution in [0.1, 0.15) is 23.1 Å². The van der Waals surface area contributed by atoms with Crippen LogP contribution in [0.4, 0.5) is 0 Å². The molecule has 0 radical (unpaired) electrons. The van der Waals surface area contributed by atoms with Gasteiger partial charge in [-0.3, -0.25) is 4.79 Å². The van der Waals surface area contributed by atoms with Gasteiger partial charge in [0.1, 0.15) is 5.58 Å². The summed E-state index contributed by atoms with van der Waals surface area (Å²) in [5.41, 5.74) is 3.36. The molecule has 2 N–H and O–H groups in total. The highest BCUT2D eigenvalue weighted by molar-refractivity contribution is 7.89. The summed E-state index contributed by atoms with van der Waals surface area (Å²) in [5.74, 6) is -0.228. The highest BCUT2D eigenvalue weighted by atomic mass is 35.5. The molecule has 2 aromatic rings. The third-order valence-corrected chi connectivity index (χ3v) is 6.26. The van der Waals surface area contributed by atoms with Crippen molar-refractivity contribution in [3.8, 4) is 0 Å². The van der Waals surface area contributed by atoms with Crippen molar-refractivity contribution in [2.75, 3.05) is 18.8 Å². The van der Waals surface area contributed by atoms with Crippen LogP contribution in [0.2, 0.25) is 5.02 Å². The summed E-state index contributed by atoms with van der Waals surface area (Å²) < 4.78 is 28.0. The molecule has 2 heterocycles. The normalized spacial score (nSPS) is 18.2. The zero-order valence-electron chi connectivity index (χ0n) is 14.2. The van der Waals surface area contributed by atoms with Gasteiger partial charge in [-0.25, -0.2) is 13.6 Å². The topological polar surface area (TPSA) is 93.6 Å². The number of carbonyl (C=O) groups is 1. The van der Waals surface area contributed by atoms with Gasteiger partial charge in [0, 0.05) is 29.1 Å². The molecule has 1 unspecified atom stereocenters. The van der Waals surface area contributed by atoms with Crippen LogP contribution in [-0.4, -0.2) is 38.1 Å². The molecular weight excluding hydrogens is 364 g/mol. The molecule has 8 heteroatoms. The molecule has 3 rings (SSSR count). The number of halogens is 1. The Kier molecular flexibility index (Phi) is 4.83. The van der Waals surface area contributed by atoms with E-state index in [1.807, 2.05) is 19.9 Å². The van der Waals surface area contributed by atoms with E-state index < -0.39 is 10.0 Å². The predicted octanol–water partition coefficient (Wildman–Crippen LogP) is 2.38. The fraction of sp³-hybridized carbons (Fsp3) is 0.471. The number of carbonyl (C=O) groups excluding carboxylic acids is 1. The third kappa shape index (κ3) is 3.83. The highest BCUT2D eigenvalue weighted by Gasteiger charge is 2.29. The molecular formula is C17H21ClN2O4S. The summed E-state index contributed by atoms with van der Waals surface area (Å²) in [6.07, 6.45) is 2.46. The summed E-state index contributed by atoms with van der Waals surface area (Å²) in [7, 11) is -3.52. The first-order valence-corrected chi connectivity index (χ1v) is 10.2. The van der Waals surface area contributed by atoms with Gasteiger partial charge < -0.3 is 9.32 Å². The van der Waals surface area contributed by atoms with Gasteiger partial charge in [-0.05, 0) is 43.4 Å². The molecule has 1 aromatic heterocycles. The van der Waals surface area contributed by atoms with Gasteiger partial charge in [0.05, 0.1) is 18.4 Å². The molecule has 1 aliphatic heterocycles. The standard InChI is InChI=1S/C17H21ClN2O4S/c1-10-5-14-16(11(2)17(10)18)13(8-24-14)6-15(21)20-4-3-12(7-20)9-25(19,22)23/h5,8,12H,3-4,6-7,9H2,1-2H3,(H2,19,22,23). The fourth-order valence-electron chi connectivity index (χ4n) is 3.54. The van der Waals surface area contributed by atoms with E-state index in [-0.39, 0.29) is 24.0 Å². The average molecular weight is 385 g/mol. The Balaban J connectivity index is 1.76. The first-order chi connectivity index (χ1) is 11.7. The number of nitrogens with two attached hydrogens (primary N) is 1. The summed E-state index contributed by atoms with van der Waals surface area (Å²) in [6, 6.07) is 1.87. The van der Waals surface area contributed by atoms with Crippen LogP contribution >= 0.6 is 11.6 Å². The van der Waals surface area contributed by atoms with Gasteiger partial charge in [-0.1, -0.05) is 11.6 Å². The van der Waals surface area contributed by atoms with Gasteiger partial charge in [0.25, 0.3) is 0 Å². The van der Waals surface area contributed by atoms with Crippen LogP contribution in [0.25, 0.3) is 11.0 Å². The Bertz CT molecular complexity index is 936. The maximum atomic E-state index is 12.6. The zero-order valence-corrected chi connectivity index (χ0v) is 15.8. The molecule has 1 aromatic carbocycles. The summed E-state index contributed by atoms with van der Waals surface area (Å²) in [5, 5.41) is 6.65.